The Hall–Kier alpha value is -4.26. The maximum atomic E-state index is 14.5. The molecule has 0 bridgehead atoms. The molecule has 1 heterocycles. The standard InChI is InChI=1S/C30H29FN2O4/c31-26-17-16-25(37-18-8-15-28(35)36)19-23(26)13-7-14-24-20-27(34)32-33-30(24)29(21-9-3-1-4-10-21)22-11-5-2-6-12-22/h1-6,9-12,16-17,19-20,29H,7-8,13-15,18H2,(H,32,34)(H,35,36). The molecule has 0 fully saturated rings. The van der Waals surface area contributed by atoms with Gasteiger partial charge in [0.1, 0.15) is 11.6 Å². The zero-order valence-electron chi connectivity index (χ0n) is 20.4. The van der Waals surface area contributed by atoms with Crippen molar-refractivity contribution < 1.29 is 19.0 Å². The number of carboxylic acid groups (broad SMARTS) is 1. The van der Waals surface area contributed by atoms with Crippen molar-refractivity contribution in [3.8, 4) is 5.75 Å². The molecule has 0 amide bonds. The number of H-pyrrole nitrogens is 1. The Balaban J connectivity index is 1.52. The van der Waals surface area contributed by atoms with Gasteiger partial charge < -0.3 is 9.84 Å². The molecule has 0 aliphatic heterocycles. The summed E-state index contributed by atoms with van der Waals surface area (Å²) >= 11 is 0. The summed E-state index contributed by atoms with van der Waals surface area (Å²) in [5, 5.41) is 15.8. The summed E-state index contributed by atoms with van der Waals surface area (Å²) in [6.07, 6.45) is 2.00. The van der Waals surface area contributed by atoms with E-state index in [9.17, 15) is 14.0 Å². The summed E-state index contributed by atoms with van der Waals surface area (Å²) in [7, 11) is 0. The molecule has 0 atom stereocenters. The van der Waals surface area contributed by atoms with E-state index in [0.29, 0.717) is 37.0 Å². The van der Waals surface area contributed by atoms with E-state index in [0.717, 1.165) is 22.4 Å². The van der Waals surface area contributed by atoms with E-state index < -0.39 is 5.97 Å². The molecule has 37 heavy (non-hydrogen) atoms. The SMILES string of the molecule is O=C(O)CCCOc1ccc(F)c(CCCc2cc(=O)[nH]nc2C(c2ccccc2)c2ccccc2)c1. The predicted molar refractivity (Wildman–Crippen MR) is 139 cm³/mol. The summed E-state index contributed by atoms with van der Waals surface area (Å²) < 4.78 is 20.1. The van der Waals surface area contributed by atoms with Crippen LogP contribution in [-0.2, 0) is 17.6 Å². The number of rotatable bonds is 12. The lowest BCUT2D eigenvalue weighted by molar-refractivity contribution is -0.137. The number of aromatic nitrogens is 2. The molecule has 190 valence electrons. The smallest absolute Gasteiger partial charge is 0.303 e. The highest BCUT2D eigenvalue weighted by Gasteiger charge is 2.22. The van der Waals surface area contributed by atoms with Gasteiger partial charge in [-0.25, -0.2) is 9.49 Å². The molecule has 6 nitrogen and oxygen atoms in total. The number of aliphatic carboxylic acids is 1. The van der Waals surface area contributed by atoms with Crippen LogP contribution in [0.2, 0.25) is 0 Å². The number of carbonyl (C=O) groups is 1. The number of carboxylic acids is 1. The molecule has 0 radical (unpaired) electrons. The van der Waals surface area contributed by atoms with E-state index in [1.165, 1.54) is 6.07 Å². The van der Waals surface area contributed by atoms with Gasteiger partial charge in [0.15, 0.2) is 0 Å². The molecule has 0 saturated carbocycles. The highest BCUT2D eigenvalue weighted by atomic mass is 19.1. The van der Waals surface area contributed by atoms with Crippen molar-refractivity contribution in [3.63, 3.8) is 0 Å². The summed E-state index contributed by atoms with van der Waals surface area (Å²) in [5.74, 6) is -0.852. The van der Waals surface area contributed by atoms with Crippen molar-refractivity contribution in [2.75, 3.05) is 6.61 Å². The number of halogens is 1. The third kappa shape index (κ3) is 7.13. The normalized spacial score (nSPS) is 11.0. The van der Waals surface area contributed by atoms with Crippen LogP contribution in [0.3, 0.4) is 0 Å². The van der Waals surface area contributed by atoms with Crippen molar-refractivity contribution in [1.82, 2.24) is 10.2 Å². The Morgan fingerprint density at radius 2 is 1.54 bits per heavy atom. The van der Waals surface area contributed by atoms with Crippen molar-refractivity contribution in [2.45, 2.75) is 38.0 Å². The predicted octanol–water partition coefficient (Wildman–Crippen LogP) is 5.51. The minimum Gasteiger partial charge on any atom is -0.494 e. The Morgan fingerprint density at radius 1 is 0.892 bits per heavy atom. The number of aryl methyl sites for hydroxylation is 2. The van der Waals surface area contributed by atoms with Gasteiger partial charge in [0.05, 0.1) is 18.2 Å². The lowest BCUT2D eigenvalue weighted by Gasteiger charge is -2.20. The molecule has 1 aromatic heterocycles. The van der Waals surface area contributed by atoms with E-state index in [4.69, 9.17) is 9.84 Å². The Bertz CT molecular complexity index is 1330. The van der Waals surface area contributed by atoms with Crippen molar-refractivity contribution >= 4 is 5.97 Å². The molecule has 0 aliphatic rings. The van der Waals surface area contributed by atoms with Gasteiger partial charge in [-0.1, -0.05) is 60.7 Å². The zero-order chi connectivity index (χ0) is 26.0. The van der Waals surface area contributed by atoms with E-state index in [2.05, 4.69) is 10.2 Å². The topological polar surface area (TPSA) is 92.3 Å². The second-order valence-electron chi connectivity index (χ2n) is 8.85. The number of hydrogen-bond acceptors (Lipinski definition) is 4. The maximum Gasteiger partial charge on any atom is 0.303 e. The third-order valence-electron chi connectivity index (χ3n) is 6.17. The average Bonchev–Trinajstić information content (AvgIpc) is 2.91. The summed E-state index contributed by atoms with van der Waals surface area (Å²) in [5.41, 5.74) is 3.96. The summed E-state index contributed by atoms with van der Waals surface area (Å²) in [4.78, 5) is 22.9. The van der Waals surface area contributed by atoms with Crippen LogP contribution in [0.1, 0.15) is 53.1 Å². The Morgan fingerprint density at radius 3 is 2.19 bits per heavy atom. The molecule has 4 rings (SSSR count). The molecule has 3 aromatic carbocycles. The quantitative estimate of drug-likeness (QED) is 0.250. The van der Waals surface area contributed by atoms with Crippen LogP contribution in [0, 0.1) is 5.82 Å². The third-order valence-corrected chi connectivity index (χ3v) is 6.17. The average molecular weight is 501 g/mol. The van der Waals surface area contributed by atoms with Gasteiger partial charge in [0.2, 0.25) is 0 Å². The first kappa shape index (κ1) is 25.8. The highest BCUT2D eigenvalue weighted by molar-refractivity contribution is 5.66. The fourth-order valence-electron chi connectivity index (χ4n) is 4.42. The van der Waals surface area contributed by atoms with Crippen LogP contribution in [0.25, 0.3) is 0 Å². The molecule has 7 heteroatoms. The maximum absolute atomic E-state index is 14.5. The lowest BCUT2D eigenvalue weighted by Crippen LogP contribution is -2.17. The van der Waals surface area contributed by atoms with E-state index >= 15 is 0 Å². The second-order valence-corrected chi connectivity index (χ2v) is 8.85. The zero-order valence-corrected chi connectivity index (χ0v) is 20.4. The molecular weight excluding hydrogens is 471 g/mol. The Labute approximate surface area is 214 Å². The molecule has 0 unspecified atom stereocenters. The second kappa shape index (κ2) is 12.6. The van der Waals surface area contributed by atoms with Crippen LogP contribution in [0.15, 0.2) is 89.7 Å². The highest BCUT2D eigenvalue weighted by Crippen LogP contribution is 2.32. The number of aromatic amines is 1. The van der Waals surface area contributed by atoms with Crippen molar-refractivity contribution in [2.24, 2.45) is 0 Å². The van der Waals surface area contributed by atoms with Crippen LogP contribution >= 0.6 is 0 Å². The van der Waals surface area contributed by atoms with E-state index in [1.54, 1.807) is 18.2 Å². The van der Waals surface area contributed by atoms with Crippen molar-refractivity contribution in [1.29, 1.82) is 0 Å². The van der Waals surface area contributed by atoms with Gasteiger partial charge in [-0.05, 0) is 66.1 Å². The first-order valence-corrected chi connectivity index (χ1v) is 12.3. The molecule has 4 aromatic rings. The van der Waals surface area contributed by atoms with Crippen molar-refractivity contribution in [3.05, 3.63) is 129 Å². The molecule has 0 saturated heterocycles. The van der Waals surface area contributed by atoms with Crippen LogP contribution in [0.5, 0.6) is 5.75 Å². The van der Waals surface area contributed by atoms with Crippen LogP contribution in [-0.4, -0.2) is 27.9 Å². The van der Waals surface area contributed by atoms with Gasteiger partial charge in [-0.15, -0.1) is 0 Å². The van der Waals surface area contributed by atoms with E-state index in [-0.39, 0.29) is 30.3 Å². The number of benzene rings is 3. The first-order chi connectivity index (χ1) is 18.0. The largest absolute Gasteiger partial charge is 0.494 e. The number of nitrogens with one attached hydrogen (secondary N) is 1. The van der Waals surface area contributed by atoms with Gasteiger partial charge in [0, 0.05) is 12.5 Å². The first-order valence-electron chi connectivity index (χ1n) is 12.3. The minimum atomic E-state index is -0.876. The fourth-order valence-corrected chi connectivity index (χ4v) is 4.42. The lowest BCUT2D eigenvalue weighted by atomic mass is 9.85. The molecule has 2 N–H and O–H groups in total. The molecule has 0 spiro atoms. The number of nitrogens with zero attached hydrogens (tertiary/aromatic N) is 1. The Kier molecular flexibility index (Phi) is 8.81. The van der Waals surface area contributed by atoms with Gasteiger partial charge in [-0.3, -0.25) is 9.59 Å². The van der Waals surface area contributed by atoms with Gasteiger partial charge in [0.25, 0.3) is 5.56 Å². The summed E-state index contributed by atoms with van der Waals surface area (Å²) in [6.45, 7) is 0.250. The van der Waals surface area contributed by atoms with Gasteiger partial charge in [-0.2, -0.15) is 5.10 Å². The van der Waals surface area contributed by atoms with Gasteiger partial charge >= 0.3 is 5.97 Å². The molecule has 0 aliphatic carbocycles. The number of hydrogen-bond donors (Lipinski definition) is 2. The minimum absolute atomic E-state index is 0.0214. The number of ether oxygens (including phenoxy) is 1. The summed E-state index contributed by atoms with van der Waals surface area (Å²) in [6, 6.07) is 26.2. The van der Waals surface area contributed by atoms with Crippen LogP contribution < -0.4 is 10.3 Å². The van der Waals surface area contributed by atoms with E-state index in [1.807, 2.05) is 60.7 Å². The molecular formula is C30H29FN2O4. The fraction of sp³-hybridized carbons (Fsp3) is 0.233. The monoisotopic (exact) mass is 500 g/mol. The van der Waals surface area contributed by atoms with Crippen LogP contribution in [0.4, 0.5) is 4.39 Å².